The summed E-state index contributed by atoms with van der Waals surface area (Å²) in [5, 5.41) is 3.19. The number of nitrogens with zero attached hydrogens (tertiary/aromatic N) is 1. The van der Waals surface area contributed by atoms with E-state index in [2.05, 4.69) is 5.10 Å². The van der Waals surface area contributed by atoms with Crippen molar-refractivity contribution in [2.24, 2.45) is 10.9 Å². The number of halogens is 4. The number of hydrogen-bond acceptors (Lipinski definition) is 2. The lowest BCUT2D eigenvalue weighted by Gasteiger charge is -2.07. The van der Waals surface area contributed by atoms with Gasteiger partial charge in [-0.05, 0) is 40.8 Å². The van der Waals surface area contributed by atoms with Crippen LogP contribution < -0.4 is 5.84 Å². The first kappa shape index (κ1) is 11.3. The van der Waals surface area contributed by atoms with E-state index in [0.29, 0.717) is 9.13 Å². The fourth-order valence-corrected chi connectivity index (χ4v) is 1.37. The van der Waals surface area contributed by atoms with Crippen molar-refractivity contribution in [3.63, 3.8) is 0 Å². The van der Waals surface area contributed by atoms with Gasteiger partial charge in [0.05, 0.1) is 11.8 Å². The molecule has 1 aromatic rings. The first-order valence-electron chi connectivity index (χ1n) is 3.55. The van der Waals surface area contributed by atoms with Crippen LogP contribution in [0.2, 0.25) is 0 Å². The molecule has 0 amide bonds. The highest BCUT2D eigenvalue weighted by Gasteiger charge is 2.30. The second-order valence-corrected chi connectivity index (χ2v) is 3.67. The lowest BCUT2D eigenvalue weighted by atomic mass is 10.1. The lowest BCUT2D eigenvalue weighted by Crippen LogP contribution is -2.06. The average Bonchev–Trinajstić information content (AvgIpc) is 2.07. The second kappa shape index (κ2) is 4.16. The molecule has 0 aliphatic rings. The normalized spacial score (nSPS) is 12.3. The summed E-state index contributed by atoms with van der Waals surface area (Å²) in [6, 6.07) is 3.41. The Hall–Kier alpha value is -0.790. The highest BCUT2D eigenvalue weighted by atomic mass is 127. The Morgan fingerprint density at radius 3 is 2.50 bits per heavy atom. The van der Waals surface area contributed by atoms with Gasteiger partial charge in [-0.3, -0.25) is 0 Å². The van der Waals surface area contributed by atoms with Crippen LogP contribution in [0, 0.1) is 3.57 Å². The summed E-state index contributed by atoms with van der Waals surface area (Å²) < 4.78 is 37.5. The molecule has 0 aliphatic carbocycles. The van der Waals surface area contributed by atoms with Gasteiger partial charge in [-0.25, -0.2) is 0 Å². The number of rotatable bonds is 1. The maximum atomic E-state index is 12.3. The molecule has 76 valence electrons. The van der Waals surface area contributed by atoms with Gasteiger partial charge in [0.2, 0.25) is 0 Å². The molecule has 1 rings (SSSR count). The molecule has 0 saturated heterocycles. The van der Waals surface area contributed by atoms with E-state index < -0.39 is 11.7 Å². The Bertz CT molecular complexity index is 360. The fraction of sp³-hybridized carbons (Fsp3) is 0.125. The summed E-state index contributed by atoms with van der Waals surface area (Å²) >= 11 is 1.91. The fourth-order valence-electron chi connectivity index (χ4n) is 0.899. The molecule has 0 spiro atoms. The Balaban J connectivity index is 3.19. The van der Waals surface area contributed by atoms with Gasteiger partial charge in [0, 0.05) is 9.13 Å². The third-order valence-electron chi connectivity index (χ3n) is 1.54. The summed E-state index contributed by atoms with van der Waals surface area (Å²) in [4.78, 5) is 0. The van der Waals surface area contributed by atoms with E-state index in [-0.39, 0.29) is 0 Å². The number of benzene rings is 1. The first-order valence-corrected chi connectivity index (χ1v) is 4.63. The minimum Gasteiger partial charge on any atom is -0.323 e. The van der Waals surface area contributed by atoms with E-state index >= 15 is 0 Å². The molecule has 0 saturated carbocycles. The van der Waals surface area contributed by atoms with Crippen molar-refractivity contribution in [2.75, 3.05) is 0 Å². The molecule has 0 atom stereocenters. The van der Waals surface area contributed by atoms with Gasteiger partial charge in [-0.1, -0.05) is 0 Å². The predicted molar refractivity (Wildman–Crippen MR) is 55.9 cm³/mol. The summed E-state index contributed by atoms with van der Waals surface area (Å²) in [7, 11) is 0. The van der Waals surface area contributed by atoms with Gasteiger partial charge in [-0.15, -0.1) is 0 Å². The van der Waals surface area contributed by atoms with E-state index in [9.17, 15) is 13.2 Å². The predicted octanol–water partition coefficient (Wildman–Crippen LogP) is 2.60. The highest BCUT2D eigenvalue weighted by molar-refractivity contribution is 14.1. The van der Waals surface area contributed by atoms with E-state index in [1.165, 1.54) is 12.3 Å². The molecule has 0 unspecified atom stereocenters. The van der Waals surface area contributed by atoms with Crippen molar-refractivity contribution in [1.82, 2.24) is 0 Å². The van der Waals surface area contributed by atoms with Gasteiger partial charge >= 0.3 is 6.18 Å². The number of nitrogens with two attached hydrogens (primary N) is 1. The van der Waals surface area contributed by atoms with Crippen LogP contribution >= 0.6 is 22.6 Å². The Kier molecular flexibility index (Phi) is 3.35. The van der Waals surface area contributed by atoms with Crippen LogP contribution in [0.15, 0.2) is 23.3 Å². The van der Waals surface area contributed by atoms with E-state index in [4.69, 9.17) is 5.84 Å². The minimum atomic E-state index is -4.33. The van der Waals surface area contributed by atoms with Crippen LogP contribution in [-0.2, 0) is 6.18 Å². The van der Waals surface area contributed by atoms with Crippen LogP contribution in [0.25, 0.3) is 0 Å². The largest absolute Gasteiger partial charge is 0.416 e. The molecule has 1 aromatic carbocycles. The van der Waals surface area contributed by atoms with Crippen LogP contribution in [0.3, 0.4) is 0 Å². The minimum absolute atomic E-state index is 0.364. The number of hydrazone groups is 1. The molecule has 2 nitrogen and oxygen atoms in total. The number of alkyl halides is 3. The van der Waals surface area contributed by atoms with Crippen LogP contribution in [-0.4, -0.2) is 6.21 Å². The lowest BCUT2D eigenvalue weighted by molar-refractivity contribution is -0.137. The van der Waals surface area contributed by atoms with Gasteiger partial charge in [0.1, 0.15) is 0 Å². The van der Waals surface area contributed by atoms with Gasteiger partial charge in [0.15, 0.2) is 0 Å². The topological polar surface area (TPSA) is 38.4 Å². The van der Waals surface area contributed by atoms with Crippen molar-refractivity contribution in [2.45, 2.75) is 6.18 Å². The highest BCUT2D eigenvalue weighted by Crippen LogP contribution is 2.30. The molecular formula is C8H6F3IN2. The van der Waals surface area contributed by atoms with Gasteiger partial charge in [-0.2, -0.15) is 18.3 Å². The van der Waals surface area contributed by atoms with E-state index in [1.54, 1.807) is 0 Å². The van der Waals surface area contributed by atoms with E-state index in [0.717, 1.165) is 12.1 Å². The van der Waals surface area contributed by atoms with Crippen molar-refractivity contribution in [3.05, 3.63) is 32.9 Å². The molecule has 0 fully saturated rings. The zero-order valence-electron chi connectivity index (χ0n) is 6.85. The summed E-state index contributed by atoms with van der Waals surface area (Å²) in [6.45, 7) is 0. The second-order valence-electron chi connectivity index (χ2n) is 2.51. The Labute approximate surface area is 92.1 Å². The monoisotopic (exact) mass is 314 g/mol. The van der Waals surface area contributed by atoms with Crippen molar-refractivity contribution >= 4 is 28.8 Å². The van der Waals surface area contributed by atoms with Gasteiger partial charge in [0.25, 0.3) is 0 Å². The summed E-state index contributed by atoms with van der Waals surface area (Å²) in [5.41, 5.74) is -0.337. The Morgan fingerprint density at radius 1 is 1.36 bits per heavy atom. The molecular weight excluding hydrogens is 308 g/mol. The average molecular weight is 314 g/mol. The van der Waals surface area contributed by atoms with Crippen LogP contribution in [0.1, 0.15) is 11.1 Å². The van der Waals surface area contributed by atoms with Crippen LogP contribution in [0.5, 0.6) is 0 Å². The zero-order valence-corrected chi connectivity index (χ0v) is 9.00. The summed E-state index contributed by atoms with van der Waals surface area (Å²) in [6.07, 6.45) is -3.14. The number of hydrogen-bond donors (Lipinski definition) is 1. The van der Waals surface area contributed by atoms with Crippen LogP contribution in [0.4, 0.5) is 13.2 Å². The van der Waals surface area contributed by atoms with Gasteiger partial charge < -0.3 is 5.84 Å². The SMILES string of the molecule is NN=Cc1cc(C(F)(F)F)ccc1I. The standard InChI is InChI=1S/C8H6F3IN2/c9-8(10,11)6-1-2-7(12)5(3-6)4-14-13/h1-4H,13H2. The van der Waals surface area contributed by atoms with Crippen molar-refractivity contribution < 1.29 is 13.2 Å². The van der Waals surface area contributed by atoms with Crippen molar-refractivity contribution in [3.8, 4) is 0 Å². The molecule has 6 heteroatoms. The van der Waals surface area contributed by atoms with E-state index in [1.807, 2.05) is 22.6 Å². The molecule has 0 heterocycles. The molecule has 0 aliphatic heterocycles. The van der Waals surface area contributed by atoms with Crippen molar-refractivity contribution in [1.29, 1.82) is 0 Å². The summed E-state index contributed by atoms with van der Waals surface area (Å²) in [5.74, 6) is 4.87. The smallest absolute Gasteiger partial charge is 0.323 e. The Morgan fingerprint density at radius 2 is 2.00 bits per heavy atom. The first-order chi connectivity index (χ1) is 6.45. The zero-order chi connectivity index (χ0) is 10.8. The quantitative estimate of drug-likeness (QED) is 0.368. The maximum Gasteiger partial charge on any atom is 0.416 e. The molecule has 0 radical (unpaired) electrons. The third-order valence-corrected chi connectivity index (χ3v) is 2.52. The maximum absolute atomic E-state index is 12.3. The molecule has 0 aromatic heterocycles. The molecule has 2 N–H and O–H groups in total. The third kappa shape index (κ3) is 2.60. The molecule has 0 bridgehead atoms. The molecule has 14 heavy (non-hydrogen) atoms.